The van der Waals surface area contributed by atoms with Gasteiger partial charge in [0.05, 0.1) is 12.3 Å². The zero-order valence-electron chi connectivity index (χ0n) is 12.6. The van der Waals surface area contributed by atoms with E-state index in [4.69, 9.17) is 4.74 Å². The van der Waals surface area contributed by atoms with Crippen LogP contribution >= 0.6 is 0 Å². The monoisotopic (exact) mass is 281 g/mol. The van der Waals surface area contributed by atoms with Gasteiger partial charge in [0.25, 0.3) is 0 Å². The Hall–Kier alpha value is -1.96. The summed E-state index contributed by atoms with van der Waals surface area (Å²) < 4.78 is 6.01. The van der Waals surface area contributed by atoms with Crippen molar-refractivity contribution in [2.24, 2.45) is 0 Å². The maximum absolute atomic E-state index is 6.01. The smallest absolute Gasteiger partial charge is 0.142 e. The van der Waals surface area contributed by atoms with E-state index < -0.39 is 0 Å². The van der Waals surface area contributed by atoms with Crippen molar-refractivity contribution < 1.29 is 4.74 Å². The number of rotatable bonds is 5. The first-order valence-corrected chi connectivity index (χ1v) is 7.88. The van der Waals surface area contributed by atoms with Gasteiger partial charge in [-0.2, -0.15) is 0 Å². The van der Waals surface area contributed by atoms with Crippen LogP contribution in [0.3, 0.4) is 0 Å². The highest BCUT2D eigenvalue weighted by Crippen LogP contribution is 2.33. The Morgan fingerprint density at radius 1 is 1.10 bits per heavy atom. The number of anilines is 1. The third kappa shape index (κ3) is 3.57. The normalized spacial score (nSPS) is 16.9. The van der Waals surface area contributed by atoms with E-state index in [9.17, 15) is 0 Å². The Balaban J connectivity index is 1.56. The van der Waals surface area contributed by atoms with Crippen LogP contribution in [-0.2, 0) is 12.8 Å². The van der Waals surface area contributed by atoms with E-state index in [1.807, 2.05) is 0 Å². The molecule has 1 N–H and O–H groups in total. The van der Waals surface area contributed by atoms with Crippen LogP contribution in [0.4, 0.5) is 5.69 Å². The number of ether oxygens (including phenoxy) is 1. The largest absolute Gasteiger partial charge is 0.491 e. The fourth-order valence-electron chi connectivity index (χ4n) is 2.86. The number of para-hydroxylation sites is 1. The lowest BCUT2D eigenvalue weighted by molar-refractivity contribution is 0.311. The summed E-state index contributed by atoms with van der Waals surface area (Å²) in [6, 6.07) is 17.5. The summed E-state index contributed by atoms with van der Waals surface area (Å²) in [6.07, 6.45) is 4.46. The summed E-state index contributed by atoms with van der Waals surface area (Å²) in [5.41, 5.74) is 3.97. The second kappa shape index (κ2) is 6.66. The molecule has 1 unspecified atom stereocenters. The molecule has 1 heterocycles. The van der Waals surface area contributed by atoms with Crippen molar-refractivity contribution in [2.45, 2.75) is 38.6 Å². The average molecular weight is 281 g/mol. The van der Waals surface area contributed by atoms with Crippen LogP contribution in [0.2, 0.25) is 0 Å². The molecule has 0 saturated carbocycles. The molecule has 0 fully saturated rings. The molecule has 2 heteroatoms. The van der Waals surface area contributed by atoms with Crippen LogP contribution in [0.15, 0.2) is 48.5 Å². The van der Waals surface area contributed by atoms with E-state index in [-0.39, 0.29) is 0 Å². The number of fused-ring (bicyclic) bond motifs is 1. The number of hydrogen-bond acceptors (Lipinski definition) is 2. The van der Waals surface area contributed by atoms with E-state index >= 15 is 0 Å². The highest BCUT2D eigenvalue weighted by atomic mass is 16.5. The Morgan fingerprint density at radius 2 is 1.95 bits per heavy atom. The summed E-state index contributed by atoms with van der Waals surface area (Å²) in [4.78, 5) is 0. The van der Waals surface area contributed by atoms with Gasteiger partial charge in [0, 0.05) is 6.04 Å². The molecule has 1 atom stereocenters. The molecule has 0 amide bonds. The molecule has 0 aliphatic carbocycles. The molecular formula is C19H23NO. The van der Waals surface area contributed by atoms with Gasteiger partial charge in [-0.3, -0.25) is 0 Å². The maximum Gasteiger partial charge on any atom is 0.142 e. The number of hydrogen-bond donors (Lipinski definition) is 1. The van der Waals surface area contributed by atoms with Crippen molar-refractivity contribution >= 4 is 5.69 Å². The lowest BCUT2D eigenvalue weighted by atomic mass is 9.98. The van der Waals surface area contributed by atoms with Crippen molar-refractivity contribution in [3.8, 4) is 5.75 Å². The van der Waals surface area contributed by atoms with Crippen molar-refractivity contribution in [1.82, 2.24) is 0 Å². The predicted octanol–water partition coefficient (Wildman–Crippen LogP) is 4.44. The van der Waals surface area contributed by atoms with E-state index in [1.54, 1.807) is 0 Å². The highest BCUT2D eigenvalue weighted by Gasteiger charge is 2.17. The SMILES string of the molecule is CC1CCc2cccc(OCCCc3ccccc3)c2N1. The molecule has 0 aromatic heterocycles. The Morgan fingerprint density at radius 3 is 2.81 bits per heavy atom. The number of nitrogens with one attached hydrogen (secondary N) is 1. The van der Waals surface area contributed by atoms with Crippen LogP contribution in [0.1, 0.15) is 30.9 Å². The third-order valence-corrected chi connectivity index (χ3v) is 4.06. The van der Waals surface area contributed by atoms with Gasteiger partial charge in [-0.15, -0.1) is 0 Å². The molecule has 2 aromatic rings. The van der Waals surface area contributed by atoms with Crippen molar-refractivity contribution in [3.05, 3.63) is 59.7 Å². The van der Waals surface area contributed by atoms with E-state index in [1.165, 1.54) is 23.2 Å². The van der Waals surface area contributed by atoms with E-state index in [2.05, 4.69) is 60.8 Å². The second-order valence-electron chi connectivity index (χ2n) is 5.81. The molecule has 1 aliphatic rings. The van der Waals surface area contributed by atoms with Crippen LogP contribution in [-0.4, -0.2) is 12.6 Å². The Labute approximate surface area is 127 Å². The van der Waals surface area contributed by atoms with Crippen LogP contribution in [0.5, 0.6) is 5.75 Å². The highest BCUT2D eigenvalue weighted by molar-refractivity contribution is 5.63. The molecular weight excluding hydrogens is 258 g/mol. The van der Waals surface area contributed by atoms with Crippen molar-refractivity contribution in [1.29, 1.82) is 0 Å². The molecule has 0 radical (unpaired) electrons. The zero-order chi connectivity index (χ0) is 14.5. The third-order valence-electron chi connectivity index (χ3n) is 4.06. The Kier molecular flexibility index (Phi) is 4.44. The van der Waals surface area contributed by atoms with Gasteiger partial charge in [0.2, 0.25) is 0 Å². The molecule has 21 heavy (non-hydrogen) atoms. The van der Waals surface area contributed by atoms with Gasteiger partial charge < -0.3 is 10.1 Å². The summed E-state index contributed by atoms with van der Waals surface area (Å²) in [5.74, 6) is 1.01. The molecule has 0 bridgehead atoms. The zero-order valence-corrected chi connectivity index (χ0v) is 12.6. The molecule has 110 valence electrons. The van der Waals surface area contributed by atoms with Crippen LogP contribution in [0.25, 0.3) is 0 Å². The van der Waals surface area contributed by atoms with Crippen LogP contribution < -0.4 is 10.1 Å². The molecule has 0 spiro atoms. The van der Waals surface area contributed by atoms with Gasteiger partial charge in [-0.25, -0.2) is 0 Å². The van der Waals surface area contributed by atoms with Crippen molar-refractivity contribution in [3.63, 3.8) is 0 Å². The minimum Gasteiger partial charge on any atom is -0.491 e. The molecule has 1 aliphatic heterocycles. The first-order valence-electron chi connectivity index (χ1n) is 7.88. The van der Waals surface area contributed by atoms with Crippen molar-refractivity contribution in [2.75, 3.05) is 11.9 Å². The van der Waals surface area contributed by atoms with Gasteiger partial charge in [-0.1, -0.05) is 42.5 Å². The molecule has 3 rings (SSSR count). The van der Waals surface area contributed by atoms with Gasteiger partial charge in [-0.05, 0) is 49.8 Å². The van der Waals surface area contributed by atoms with Crippen LogP contribution in [0, 0.1) is 0 Å². The van der Waals surface area contributed by atoms with Gasteiger partial charge >= 0.3 is 0 Å². The lowest BCUT2D eigenvalue weighted by Crippen LogP contribution is -2.22. The molecule has 2 aromatic carbocycles. The van der Waals surface area contributed by atoms with E-state index in [0.29, 0.717) is 6.04 Å². The summed E-state index contributed by atoms with van der Waals surface area (Å²) in [6.45, 7) is 3.00. The topological polar surface area (TPSA) is 21.3 Å². The standard InChI is InChI=1S/C19H23NO/c1-15-12-13-17-10-5-11-18(19(17)20-15)21-14-6-9-16-7-3-2-4-8-16/h2-5,7-8,10-11,15,20H,6,9,12-14H2,1H3. The number of aryl methyl sites for hydroxylation is 2. The minimum atomic E-state index is 0.534. The van der Waals surface area contributed by atoms with Gasteiger partial charge in [0.15, 0.2) is 0 Å². The summed E-state index contributed by atoms with van der Waals surface area (Å²) >= 11 is 0. The predicted molar refractivity (Wildman–Crippen MR) is 88.1 cm³/mol. The fourth-order valence-corrected chi connectivity index (χ4v) is 2.86. The summed E-state index contributed by atoms with van der Waals surface area (Å²) in [5, 5.41) is 3.56. The maximum atomic E-state index is 6.01. The average Bonchev–Trinajstić information content (AvgIpc) is 2.53. The van der Waals surface area contributed by atoms with E-state index in [0.717, 1.165) is 31.6 Å². The first kappa shape index (κ1) is 14.0. The number of benzene rings is 2. The summed E-state index contributed by atoms with van der Waals surface area (Å²) in [7, 11) is 0. The quantitative estimate of drug-likeness (QED) is 0.818. The minimum absolute atomic E-state index is 0.534. The fraction of sp³-hybridized carbons (Fsp3) is 0.368. The first-order chi connectivity index (χ1) is 10.3. The van der Waals surface area contributed by atoms with Gasteiger partial charge in [0.1, 0.15) is 5.75 Å². The molecule has 0 saturated heterocycles. The Bertz CT molecular complexity index is 579. The molecule has 2 nitrogen and oxygen atoms in total. The lowest BCUT2D eigenvalue weighted by Gasteiger charge is -2.26. The second-order valence-corrected chi connectivity index (χ2v) is 5.81.